The van der Waals surface area contributed by atoms with E-state index in [4.69, 9.17) is 5.84 Å². The molecule has 0 aliphatic heterocycles. The Morgan fingerprint density at radius 2 is 2.33 bits per heavy atom. The molecule has 1 amide bonds. The third-order valence-corrected chi connectivity index (χ3v) is 1.74. The normalized spacial score (nSPS) is 9.47. The molecule has 0 radical (unpaired) electrons. The summed E-state index contributed by atoms with van der Waals surface area (Å²) >= 11 is 0. The number of anilines is 2. The summed E-state index contributed by atoms with van der Waals surface area (Å²) in [5.74, 6) is 5.78. The molecule has 1 aromatic heterocycles. The van der Waals surface area contributed by atoms with Crippen LogP contribution in [0.4, 0.5) is 11.5 Å². The molecule has 0 aromatic carbocycles. The molecule has 5 N–H and O–H groups in total. The molecule has 6 heteroatoms. The van der Waals surface area contributed by atoms with Crippen LogP contribution in [0.2, 0.25) is 0 Å². The van der Waals surface area contributed by atoms with E-state index >= 15 is 0 Å². The highest BCUT2D eigenvalue weighted by atomic mass is 16.1. The van der Waals surface area contributed by atoms with Crippen molar-refractivity contribution in [2.24, 2.45) is 5.84 Å². The van der Waals surface area contributed by atoms with Crippen LogP contribution in [0.5, 0.6) is 0 Å². The monoisotopic (exact) mass is 209 g/mol. The highest BCUT2D eigenvalue weighted by molar-refractivity contribution is 5.72. The number of hydrazine groups is 1. The number of nitrogen functional groups attached to an aromatic ring is 1. The lowest BCUT2D eigenvalue weighted by molar-refractivity contribution is -0.118. The van der Waals surface area contributed by atoms with Gasteiger partial charge in [0.15, 0.2) is 0 Å². The van der Waals surface area contributed by atoms with Gasteiger partial charge in [-0.05, 0) is 6.07 Å². The van der Waals surface area contributed by atoms with E-state index in [1.807, 2.05) is 6.07 Å². The number of hydrogen-bond acceptors (Lipinski definition) is 5. The van der Waals surface area contributed by atoms with Gasteiger partial charge in [0.25, 0.3) is 0 Å². The van der Waals surface area contributed by atoms with Gasteiger partial charge >= 0.3 is 0 Å². The van der Waals surface area contributed by atoms with Gasteiger partial charge in [-0.15, -0.1) is 0 Å². The molecule has 1 aromatic rings. The predicted octanol–water partition coefficient (Wildman–Crippen LogP) is -0.0848. The second kappa shape index (κ2) is 5.82. The molecule has 1 rings (SSSR count). The predicted molar refractivity (Wildman–Crippen MR) is 59.2 cm³/mol. The SMILES string of the molecule is CC(=O)NCCNc1ccnc(NN)c1. The van der Waals surface area contributed by atoms with Crippen molar-refractivity contribution in [3.8, 4) is 0 Å². The second-order valence-corrected chi connectivity index (χ2v) is 2.98. The fourth-order valence-corrected chi connectivity index (χ4v) is 1.06. The van der Waals surface area contributed by atoms with Crippen LogP contribution >= 0.6 is 0 Å². The van der Waals surface area contributed by atoms with Crippen LogP contribution in [0.25, 0.3) is 0 Å². The minimum absolute atomic E-state index is 0.0316. The number of amides is 1. The zero-order valence-electron chi connectivity index (χ0n) is 8.58. The Morgan fingerprint density at radius 1 is 1.53 bits per heavy atom. The van der Waals surface area contributed by atoms with Gasteiger partial charge in [0, 0.05) is 38.0 Å². The largest absolute Gasteiger partial charge is 0.383 e. The number of carbonyl (C=O) groups is 1. The lowest BCUT2D eigenvalue weighted by Gasteiger charge is -2.07. The van der Waals surface area contributed by atoms with Crippen LogP contribution in [0, 0.1) is 0 Å². The Labute approximate surface area is 88.2 Å². The van der Waals surface area contributed by atoms with Crippen LogP contribution < -0.4 is 21.9 Å². The van der Waals surface area contributed by atoms with E-state index < -0.39 is 0 Å². The van der Waals surface area contributed by atoms with Crippen molar-refractivity contribution in [3.05, 3.63) is 18.3 Å². The van der Waals surface area contributed by atoms with E-state index in [1.165, 1.54) is 6.92 Å². The summed E-state index contributed by atoms with van der Waals surface area (Å²) in [6.45, 7) is 2.74. The van der Waals surface area contributed by atoms with E-state index in [9.17, 15) is 4.79 Å². The summed E-state index contributed by atoms with van der Waals surface area (Å²) in [5, 5.41) is 5.81. The third-order valence-electron chi connectivity index (χ3n) is 1.74. The van der Waals surface area contributed by atoms with Crippen molar-refractivity contribution in [2.45, 2.75) is 6.92 Å². The molecule has 6 nitrogen and oxygen atoms in total. The smallest absolute Gasteiger partial charge is 0.216 e. The molecule has 82 valence electrons. The summed E-state index contributed by atoms with van der Waals surface area (Å²) in [5.41, 5.74) is 3.36. The van der Waals surface area contributed by atoms with Gasteiger partial charge in [0.1, 0.15) is 5.82 Å². The van der Waals surface area contributed by atoms with Gasteiger partial charge in [-0.2, -0.15) is 0 Å². The first-order valence-corrected chi connectivity index (χ1v) is 4.63. The number of nitrogens with one attached hydrogen (secondary N) is 3. The standard InChI is InChI=1S/C9H15N5O/c1-7(15)11-4-5-12-8-2-3-13-9(6-8)14-10/h2-3,6H,4-5,10H2,1H3,(H,11,15)(H2,12,13,14). The first kappa shape index (κ1) is 11.3. The van der Waals surface area contributed by atoms with E-state index in [-0.39, 0.29) is 5.91 Å². The van der Waals surface area contributed by atoms with Crippen molar-refractivity contribution < 1.29 is 4.79 Å². The van der Waals surface area contributed by atoms with Gasteiger partial charge in [0.2, 0.25) is 5.91 Å². The van der Waals surface area contributed by atoms with E-state index in [2.05, 4.69) is 21.0 Å². The fraction of sp³-hybridized carbons (Fsp3) is 0.333. The van der Waals surface area contributed by atoms with Gasteiger partial charge in [-0.25, -0.2) is 10.8 Å². The van der Waals surface area contributed by atoms with Crippen molar-refractivity contribution in [1.82, 2.24) is 10.3 Å². The number of carbonyl (C=O) groups excluding carboxylic acids is 1. The Kier molecular flexibility index (Phi) is 4.36. The minimum atomic E-state index is -0.0316. The van der Waals surface area contributed by atoms with Crippen LogP contribution in [0.1, 0.15) is 6.92 Å². The molecule has 0 bridgehead atoms. The lowest BCUT2D eigenvalue weighted by Crippen LogP contribution is -2.26. The first-order valence-electron chi connectivity index (χ1n) is 4.63. The highest BCUT2D eigenvalue weighted by Crippen LogP contribution is 2.09. The van der Waals surface area contributed by atoms with Crippen molar-refractivity contribution in [1.29, 1.82) is 0 Å². The number of aromatic nitrogens is 1. The molecular formula is C9H15N5O. The Hall–Kier alpha value is -1.82. The number of nitrogens with two attached hydrogens (primary N) is 1. The molecule has 0 unspecified atom stereocenters. The minimum Gasteiger partial charge on any atom is -0.383 e. The molecule has 0 aliphatic rings. The van der Waals surface area contributed by atoms with E-state index in [0.29, 0.717) is 18.9 Å². The summed E-state index contributed by atoms with van der Waals surface area (Å²) < 4.78 is 0. The quantitative estimate of drug-likeness (QED) is 0.309. The topological polar surface area (TPSA) is 92.1 Å². The van der Waals surface area contributed by atoms with Crippen LogP contribution in [-0.4, -0.2) is 24.0 Å². The average Bonchev–Trinajstić information content (AvgIpc) is 2.24. The zero-order valence-corrected chi connectivity index (χ0v) is 8.58. The van der Waals surface area contributed by atoms with Crippen molar-refractivity contribution in [2.75, 3.05) is 23.8 Å². The molecule has 0 fully saturated rings. The van der Waals surface area contributed by atoms with Gasteiger partial charge in [-0.3, -0.25) is 4.79 Å². The Balaban J connectivity index is 2.33. The van der Waals surface area contributed by atoms with Gasteiger partial charge in [0.05, 0.1) is 0 Å². The lowest BCUT2D eigenvalue weighted by atomic mass is 10.4. The molecule has 0 saturated heterocycles. The van der Waals surface area contributed by atoms with Crippen LogP contribution in [0.3, 0.4) is 0 Å². The van der Waals surface area contributed by atoms with Crippen molar-refractivity contribution >= 4 is 17.4 Å². The maximum absolute atomic E-state index is 10.6. The average molecular weight is 209 g/mol. The molecule has 0 atom stereocenters. The van der Waals surface area contributed by atoms with E-state index in [1.54, 1.807) is 12.3 Å². The number of hydrogen-bond donors (Lipinski definition) is 4. The fourth-order valence-electron chi connectivity index (χ4n) is 1.06. The van der Waals surface area contributed by atoms with Crippen LogP contribution in [0.15, 0.2) is 18.3 Å². The van der Waals surface area contributed by atoms with Gasteiger partial charge in [-0.1, -0.05) is 0 Å². The summed E-state index contributed by atoms with van der Waals surface area (Å²) in [4.78, 5) is 14.5. The first-order chi connectivity index (χ1) is 7.22. The summed E-state index contributed by atoms with van der Waals surface area (Å²) in [6.07, 6.45) is 1.65. The molecule has 15 heavy (non-hydrogen) atoms. The molecule has 0 aliphatic carbocycles. The second-order valence-electron chi connectivity index (χ2n) is 2.98. The number of rotatable bonds is 5. The maximum Gasteiger partial charge on any atom is 0.216 e. The Morgan fingerprint density at radius 3 is 3.00 bits per heavy atom. The maximum atomic E-state index is 10.6. The summed E-state index contributed by atoms with van der Waals surface area (Å²) in [6, 6.07) is 3.61. The van der Waals surface area contributed by atoms with Gasteiger partial charge < -0.3 is 16.1 Å². The highest BCUT2D eigenvalue weighted by Gasteiger charge is 1.95. The zero-order chi connectivity index (χ0) is 11.1. The third kappa shape index (κ3) is 4.28. The molecule has 0 spiro atoms. The summed E-state index contributed by atoms with van der Waals surface area (Å²) in [7, 11) is 0. The molecule has 1 heterocycles. The molecule has 0 saturated carbocycles. The van der Waals surface area contributed by atoms with Crippen LogP contribution in [-0.2, 0) is 4.79 Å². The number of pyridine rings is 1. The van der Waals surface area contributed by atoms with Crippen molar-refractivity contribution in [3.63, 3.8) is 0 Å². The van der Waals surface area contributed by atoms with E-state index in [0.717, 1.165) is 5.69 Å². The molecular weight excluding hydrogens is 194 g/mol. The number of nitrogens with zero attached hydrogens (tertiary/aromatic N) is 1. The Bertz CT molecular complexity index is 328.